The molecule has 1 amide bonds. The van der Waals surface area contributed by atoms with Gasteiger partial charge in [0.1, 0.15) is 11.6 Å². The van der Waals surface area contributed by atoms with Crippen LogP contribution in [0.25, 0.3) is 6.08 Å². The van der Waals surface area contributed by atoms with Gasteiger partial charge in [0.2, 0.25) is 0 Å². The Balaban J connectivity index is 2.03. The molecule has 0 aromatic heterocycles. The van der Waals surface area contributed by atoms with Crippen LogP contribution < -0.4 is 14.8 Å². The van der Waals surface area contributed by atoms with Gasteiger partial charge in [-0.1, -0.05) is 6.07 Å². The first kappa shape index (κ1) is 24.0. The zero-order valence-corrected chi connectivity index (χ0v) is 17.8. The number of amides is 1. The van der Waals surface area contributed by atoms with Gasteiger partial charge in [-0.2, -0.15) is 5.26 Å². The van der Waals surface area contributed by atoms with E-state index in [-0.39, 0.29) is 18.8 Å². The number of carbonyl (C=O) groups excluding carboxylic acids is 3. The Labute approximate surface area is 185 Å². The monoisotopic (exact) mass is 438 g/mol. The number of nitrogens with zero attached hydrogens (tertiary/aromatic N) is 1. The molecule has 0 bridgehead atoms. The number of nitrogens with one attached hydrogen (secondary N) is 1. The van der Waals surface area contributed by atoms with Crippen LogP contribution in [0.5, 0.6) is 11.5 Å². The number of methoxy groups -OCH3 is 2. The number of hydrogen-bond acceptors (Lipinski definition) is 8. The van der Waals surface area contributed by atoms with Gasteiger partial charge in [0.15, 0.2) is 18.1 Å². The summed E-state index contributed by atoms with van der Waals surface area (Å²) in [6.07, 6.45) is 1.37. The third kappa shape index (κ3) is 6.60. The van der Waals surface area contributed by atoms with Crippen LogP contribution in [0.3, 0.4) is 0 Å². The molecule has 0 atom stereocenters. The van der Waals surface area contributed by atoms with Gasteiger partial charge in [-0.05, 0) is 55.0 Å². The molecule has 2 rings (SSSR count). The predicted molar refractivity (Wildman–Crippen MR) is 115 cm³/mol. The number of anilines is 1. The van der Waals surface area contributed by atoms with Crippen molar-refractivity contribution < 1.29 is 33.3 Å². The Morgan fingerprint density at radius 2 is 1.78 bits per heavy atom. The fourth-order valence-electron chi connectivity index (χ4n) is 2.55. The molecule has 32 heavy (non-hydrogen) atoms. The van der Waals surface area contributed by atoms with E-state index < -0.39 is 17.8 Å². The Bertz CT molecular complexity index is 1050. The van der Waals surface area contributed by atoms with Crippen LogP contribution in [0.1, 0.15) is 22.8 Å². The van der Waals surface area contributed by atoms with Gasteiger partial charge in [0.05, 0.1) is 26.4 Å². The number of ether oxygens (including phenoxy) is 4. The van der Waals surface area contributed by atoms with E-state index >= 15 is 0 Å². The fraction of sp³-hybridized carbons (Fsp3) is 0.217. The van der Waals surface area contributed by atoms with E-state index in [2.05, 4.69) is 10.1 Å². The molecule has 166 valence electrons. The van der Waals surface area contributed by atoms with E-state index in [4.69, 9.17) is 19.5 Å². The molecule has 0 radical (unpaired) electrons. The number of carbonyl (C=O) groups is 3. The minimum atomic E-state index is -0.717. The molecule has 0 aliphatic carbocycles. The van der Waals surface area contributed by atoms with Crippen molar-refractivity contribution in [1.82, 2.24) is 0 Å². The molecule has 2 aromatic rings. The van der Waals surface area contributed by atoms with Gasteiger partial charge in [-0.3, -0.25) is 4.79 Å². The highest BCUT2D eigenvalue weighted by Crippen LogP contribution is 2.29. The maximum Gasteiger partial charge on any atom is 0.348 e. The second-order valence-electron chi connectivity index (χ2n) is 6.21. The Morgan fingerprint density at radius 3 is 2.38 bits per heavy atom. The summed E-state index contributed by atoms with van der Waals surface area (Å²) in [6.45, 7) is 1.51. The Hall–Kier alpha value is -4.32. The summed E-state index contributed by atoms with van der Waals surface area (Å²) < 4.78 is 20.3. The number of nitriles is 1. The van der Waals surface area contributed by atoms with Crippen molar-refractivity contribution in [1.29, 1.82) is 5.26 Å². The topological polar surface area (TPSA) is 124 Å². The van der Waals surface area contributed by atoms with Crippen LogP contribution in [0.4, 0.5) is 5.69 Å². The number of esters is 2. The molecule has 0 unspecified atom stereocenters. The minimum absolute atomic E-state index is 0.153. The second kappa shape index (κ2) is 11.8. The molecule has 2 aromatic carbocycles. The van der Waals surface area contributed by atoms with E-state index in [9.17, 15) is 14.4 Å². The van der Waals surface area contributed by atoms with Crippen LogP contribution in [0.15, 0.2) is 48.0 Å². The first-order valence-corrected chi connectivity index (χ1v) is 9.49. The number of benzene rings is 2. The lowest BCUT2D eigenvalue weighted by Gasteiger charge is -2.12. The van der Waals surface area contributed by atoms with Crippen LogP contribution in [0.2, 0.25) is 0 Å². The number of rotatable bonds is 9. The zero-order chi connectivity index (χ0) is 23.5. The highest BCUT2D eigenvalue weighted by molar-refractivity contribution is 5.98. The second-order valence-corrected chi connectivity index (χ2v) is 6.21. The van der Waals surface area contributed by atoms with Gasteiger partial charge in [0.25, 0.3) is 5.91 Å². The summed E-state index contributed by atoms with van der Waals surface area (Å²) in [5.74, 6) is -0.993. The summed E-state index contributed by atoms with van der Waals surface area (Å²) in [5, 5.41) is 11.8. The third-order valence-corrected chi connectivity index (χ3v) is 4.06. The molecule has 0 heterocycles. The van der Waals surface area contributed by atoms with Crippen molar-refractivity contribution in [2.45, 2.75) is 6.92 Å². The average molecular weight is 438 g/mol. The molecular formula is C23H22N2O7. The standard InChI is InChI=1S/C23H22N2O7/c1-4-31-23(28)17(13-24)11-15-5-10-19(20(12-15)29-2)32-14-21(26)25-18-8-6-16(7-9-18)22(27)30-3/h5-12H,4,14H2,1-3H3,(H,25,26). The molecule has 0 aliphatic heterocycles. The first-order chi connectivity index (χ1) is 15.4. The summed E-state index contributed by atoms with van der Waals surface area (Å²) >= 11 is 0. The van der Waals surface area contributed by atoms with E-state index in [1.165, 1.54) is 32.4 Å². The summed E-state index contributed by atoms with van der Waals surface area (Å²) in [5.41, 5.74) is 1.22. The van der Waals surface area contributed by atoms with E-state index in [1.54, 1.807) is 43.3 Å². The highest BCUT2D eigenvalue weighted by atomic mass is 16.5. The van der Waals surface area contributed by atoms with Crippen molar-refractivity contribution in [3.63, 3.8) is 0 Å². The van der Waals surface area contributed by atoms with Crippen molar-refractivity contribution >= 4 is 29.6 Å². The average Bonchev–Trinajstić information content (AvgIpc) is 2.81. The van der Waals surface area contributed by atoms with E-state index in [0.29, 0.717) is 28.3 Å². The zero-order valence-electron chi connectivity index (χ0n) is 17.8. The molecule has 9 heteroatoms. The highest BCUT2D eigenvalue weighted by Gasteiger charge is 2.13. The van der Waals surface area contributed by atoms with Crippen molar-refractivity contribution in [2.24, 2.45) is 0 Å². The van der Waals surface area contributed by atoms with Crippen molar-refractivity contribution in [3.05, 3.63) is 59.2 Å². The van der Waals surface area contributed by atoms with Gasteiger partial charge in [-0.25, -0.2) is 9.59 Å². The quantitative estimate of drug-likeness (QED) is 0.360. The summed E-state index contributed by atoms with van der Waals surface area (Å²) in [4.78, 5) is 35.4. The Morgan fingerprint density at radius 1 is 1.06 bits per heavy atom. The van der Waals surface area contributed by atoms with Crippen molar-refractivity contribution in [3.8, 4) is 17.6 Å². The van der Waals surface area contributed by atoms with Crippen LogP contribution in [-0.2, 0) is 19.1 Å². The molecule has 1 N–H and O–H groups in total. The molecular weight excluding hydrogens is 416 g/mol. The molecule has 0 saturated heterocycles. The molecule has 0 spiro atoms. The molecule has 0 aliphatic rings. The van der Waals surface area contributed by atoms with E-state index in [0.717, 1.165) is 0 Å². The third-order valence-electron chi connectivity index (χ3n) is 4.06. The largest absolute Gasteiger partial charge is 0.493 e. The first-order valence-electron chi connectivity index (χ1n) is 9.49. The fourth-order valence-corrected chi connectivity index (χ4v) is 2.55. The summed E-state index contributed by atoms with van der Waals surface area (Å²) in [6, 6.07) is 12.7. The molecule has 9 nitrogen and oxygen atoms in total. The maximum atomic E-state index is 12.2. The van der Waals surface area contributed by atoms with Gasteiger partial charge in [-0.15, -0.1) is 0 Å². The summed E-state index contributed by atoms with van der Waals surface area (Å²) in [7, 11) is 2.71. The molecule has 0 fully saturated rings. The van der Waals surface area contributed by atoms with Gasteiger partial charge >= 0.3 is 11.9 Å². The number of hydrogen-bond donors (Lipinski definition) is 1. The SMILES string of the molecule is CCOC(=O)C(C#N)=Cc1ccc(OCC(=O)Nc2ccc(C(=O)OC)cc2)c(OC)c1. The lowest BCUT2D eigenvalue weighted by molar-refractivity contribution is -0.137. The maximum absolute atomic E-state index is 12.2. The minimum Gasteiger partial charge on any atom is -0.493 e. The van der Waals surface area contributed by atoms with Gasteiger partial charge in [0, 0.05) is 5.69 Å². The molecule has 0 saturated carbocycles. The predicted octanol–water partition coefficient (Wildman–Crippen LogP) is 2.97. The smallest absolute Gasteiger partial charge is 0.348 e. The van der Waals surface area contributed by atoms with Crippen LogP contribution in [0, 0.1) is 11.3 Å². The van der Waals surface area contributed by atoms with Crippen molar-refractivity contribution in [2.75, 3.05) is 32.8 Å². The normalized spacial score (nSPS) is 10.5. The van der Waals surface area contributed by atoms with Gasteiger partial charge < -0.3 is 24.3 Å². The van der Waals surface area contributed by atoms with E-state index in [1.807, 2.05) is 0 Å². The Kier molecular flexibility index (Phi) is 8.80. The van der Waals surface area contributed by atoms with Crippen LogP contribution in [-0.4, -0.2) is 45.3 Å². The van der Waals surface area contributed by atoms with Crippen LogP contribution >= 0.6 is 0 Å². The lowest BCUT2D eigenvalue weighted by Crippen LogP contribution is -2.20. The lowest BCUT2D eigenvalue weighted by atomic mass is 10.1.